The fraction of sp³-hybridized carbons (Fsp3) is 0.353. The van der Waals surface area contributed by atoms with Crippen LogP contribution in [0.4, 0.5) is 8.78 Å². The van der Waals surface area contributed by atoms with Crippen LogP contribution in [-0.2, 0) is 0 Å². The van der Waals surface area contributed by atoms with E-state index in [2.05, 4.69) is 15.3 Å². The van der Waals surface area contributed by atoms with Gasteiger partial charge in [0.05, 0.1) is 6.04 Å². The molecule has 1 amide bonds. The Morgan fingerprint density at radius 1 is 1.25 bits per heavy atom. The van der Waals surface area contributed by atoms with Gasteiger partial charge in [0, 0.05) is 18.5 Å². The van der Waals surface area contributed by atoms with Gasteiger partial charge >= 0.3 is 0 Å². The second-order valence-electron chi connectivity index (χ2n) is 5.63. The van der Waals surface area contributed by atoms with E-state index in [1.807, 2.05) is 12.1 Å². The largest absolute Gasteiger partial charge is 0.472 e. The molecule has 0 bridgehead atoms. The Morgan fingerprint density at radius 2 is 2.00 bits per heavy atom. The number of carbonyl (C=O) groups excluding carboxylic acids is 1. The summed E-state index contributed by atoms with van der Waals surface area (Å²) in [7, 11) is 0. The molecule has 2 aromatic rings. The van der Waals surface area contributed by atoms with Crippen LogP contribution in [0.2, 0.25) is 0 Å². The van der Waals surface area contributed by atoms with E-state index in [1.165, 1.54) is 12.1 Å². The van der Waals surface area contributed by atoms with E-state index in [4.69, 9.17) is 4.74 Å². The molecule has 1 aliphatic rings. The van der Waals surface area contributed by atoms with Gasteiger partial charge in [0.15, 0.2) is 6.61 Å². The molecule has 126 valence electrons. The second kappa shape index (κ2) is 7.33. The summed E-state index contributed by atoms with van der Waals surface area (Å²) in [6.07, 6.45) is 2.90. The summed E-state index contributed by atoms with van der Waals surface area (Å²) in [4.78, 5) is 20.4. The number of carbonyl (C=O) groups is 1. The lowest BCUT2D eigenvalue weighted by atomic mass is 10.0. The zero-order valence-electron chi connectivity index (χ0n) is 12.9. The quantitative estimate of drug-likeness (QED) is 0.846. The highest BCUT2D eigenvalue weighted by atomic mass is 19.3. The minimum Gasteiger partial charge on any atom is -0.472 e. The van der Waals surface area contributed by atoms with Gasteiger partial charge in [-0.3, -0.25) is 9.78 Å². The van der Waals surface area contributed by atoms with Gasteiger partial charge in [-0.1, -0.05) is 6.07 Å². The van der Waals surface area contributed by atoms with Crippen molar-refractivity contribution in [3.05, 3.63) is 54.0 Å². The van der Waals surface area contributed by atoms with Crippen LogP contribution in [0.1, 0.15) is 34.9 Å². The van der Waals surface area contributed by atoms with Gasteiger partial charge in [-0.05, 0) is 42.5 Å². The lowest BCUT2D eigenvalue weighted by molar-refractivity contribution is 0.0792. The van der Waals surface area contributed by atoms with Crippen LogP contribution < -0.4 is 10.1 Å². The molecule has 0 saturated heterocycles. The van der Waals surface area contributed by atoms with E-state index in [0.29, 0.717) is 5.92 Å². The van der Waals surface area contributed by atoms with Crippen molar-refractivity contribution in [2.75, 3.05) is 6.61 Å². The van der Waals surface area contributed by atoms with Gasteiger partial charge < -0.3 is 10.1 Å². The first kappa shape index (κ1) is 16.3. The van der Waals surface area contributed by atoms with Crippen molar-refractivity contribution in [3.8, 4) is 5.88 Å². The highest BCUT2D eigenvalue weighted by molar-refractivity contribution is 5.92. The summed E-state index contributed by atoms with van der Waals surface area (Å²) in [5.41, 5.74) is 1.13. The Kier molecular flexibility index (Phi) is 4.98. The fourth-order valence-electron chi connectivity index (χ4n) is 2.46. The lowest BCUT2D eigenvalue weighted by Gasteiger charge is -2.18. The molecular formula is C17H17F2N3O2. The van der Waals surface area contributed by atoms with Crippen molar-refractivity contribution in [2.45, 2.75) is 25.3 Å². The Labute approximate surface area is 138 Å². The number of ether oxygens (including phenoxy) is 1. The van der Waals surface area contributed by atoms with Gasteiger partial charge in [-0.25, -0.2) is 13.8 Å². The van der Waals surface area contributed by atoms with E-state index >= 15 is 0 Å². The third-order valence-corrected chi connectivity index (χ3v) is 3.76. The molecule has 1 fully saturated rings. The topological polar surface area (TPSA) is 64.1 Å². The van der Waals surface area contributed by atoms with Gasteiger partial charge in [-0.15, -0.1) is 0 Å². The fourth-order valence-corrected chi connectivity index (χ4v) is 2.46. The first-order chi connectivity index (χ1) is 11.6. The maximum atomic E-state index is 12.5. The molecule has 7 heteroatoms. The van der Waals surface area contributed by atoms with Crippen molar-refractivity contribution in [1.29, 1.82) is 0 Å². The van der Waals surface area contributed by atoms with Crippen LogP contribution in [0.5, 0.6) is 5.88 Å². The van der Waals surface area contributed by atoms with Gasteiger partial charge in [0.2, 0.25) is 5.88 Å². The minimum atomic E-state index is -2.59. The van der Waals surface area contributed by atoms with Crippen molar-refractivity contribution >= 4 is 5.91 Å². The highest BCUT2D eigenvalue weighted by Gasteiger charge is 2.33. The summed E-state index contributed by atoms with van der Waals surface area (Å²) in [5, 5.41) is 2.97. The first-order valence-electron chi connectivity index (χ1n) is 7.72. The summed E-state index contributed by atoms with van der Waals surface area (Å²) >= 11 is 0. The monoisotopic (exact) mass is 333 g/mol. The zero-order chi connectivity index (χ0) is 16.9. The molecule has 0 radical (unpaired) electrons. The van der Waals surface area contributed by atoms with Gasteiger partial charge in [0.25, 0.3) is 12.3 Å². The number of hydrogen-bond donors (Lipinski definition) is 1. The maximum absolute atomic E-state index is 12.5. The smallest absolute Gasteiger partial charge is 0.272 e. The molecule has 1 atom stereocenters. The number of rotatable bonds is 7. The predicted octanol–water partition coefficient (Wildman–Crippen LogP) is 3.00. The van der Waals surface area contributed by atoms with Crippen LogP contribution >= 0.6 is 0 Å². The van der Waals surface area contributed by atoms with Crippen LogP contribution in [-0.4, -0.2) is 28.9 Å². The SMILES string of the molecule is O=C(NC(c1ccncc1)C1CC1)c1cccc(OCC(F)F)n1. The Hall–Kier alpha value is -2.57. The van der Waals surface area contributed by atoms with E-state index in [1.54, 1.807) is 18.5 Å². The molecule has 0 aliphatic heterocycles. The molecule has 3 rings (SSSR count). The number of hydrogen-bond acceptors (Lipinski definition) is 4. The predicted molar refractivity (Wildman–Crippen MR) is 82.9 cm³/mol. The summed E-state index contributed by atoms with van der Waals surface area (Å²) in [6.45, 7) is -0.750. The number of pyridine rings is 2. The number of nitrogens with zero attached hydrogens (tertiary/aromatic N) is 2. The third kappa shape index (κ3) is 4.24. The van der Waals surface area contributed by atoms with Crippen molar-refractivity contribution in [3.63, 3.8) is 0 Å². The lowest BCUT2D eigenvalue weighted by Crippen LogP contribution is -2.30. The first-order valence-corrected chi connectivity index (χ1v) is 7.72. The van der Waals surface area contributed by atoms with E-state index in [0.717, 1.165) is 18.4 Å². The molecule has 2 heterocycles. The van der Waals surface area contributed by atoms with Gasteiger partial charge in [-0.2, -0.15) is 0 Å². The molecule has 24 heavy (non-hydrogen) atoms. The number of halogens is 2. The summed E-state index contributed by atoms with van der Waals surface area (Å²) in [5.74, 6) is 0.0515. The minimum absolute atomic E-state index is 0.00910. The molecule has 1 unspecified atom stereocenters. The number of alkyl halides is 2. The average molecular weight is 333 g/mol. The average Bonchev–Trinajstić information content (AvgIpc) is 3.43. The van der Waals surface area contributed by atoms with Crippen LogP contribution in [0.3, 0.4) is 0 Å². The summed E-state index contributed by atoms with van der Waals surface area (Å²) in [6, 6.07) is 8.17. The van der Waals surface area contributed by atoms with Crippen LogP contribution in [0.25, 0.3) is 0 Å². The normalized spacial score (nSPS) is 15.1. The highest BCUT2D eigenvalue weighted by Crippen LogP contribution is 2.40. The molecule has 1 aliphatic carbocycles. The number of aromatic nitrogens is 2. The van der Waals surface area contributed by atoms with Crippen molar-refractivity contribution in [1.82, 2.24) is 15.3 Å². The molecule has 0 aromatic carbocycles. The van der Waals surface area contributed by atoms with Crippen LogP contribution in [0, 0.1) is 5.92 Å². The molecule has 1 saturated carbocycles. The van der Waals surface area contributed by atoms with Crippen molar-refractivity contribution in [2.24, 2.45) is 5.92 Å². The molecule has 1 N–H and O–H groups in total. The Bertz CT molecular complexity index is 693. The third-order valence-electron chi connectivity index (χ3n) is 3.76. The zero-order valence-corrected chi connectivity index (χ0v) is 12.9. The summed E-state index contributed by atoms with van der Waals surface area (Å²) < 4.78 is 29.3. The standard InChI is InChI=1S/C17H17F2N3O2/c18-14(19)10-24-15-3-1-2-13(21-15)17(23)22-16(11-4-5-11)12-6-8-20-9-7-12/h1-3,6-9,11,14,16H,4-5,10H2,(H,22,23). The molecule has 0 spiro atoms. The second-order valence-corrected chi connectivity index (χ2v) is 5.63. The van der Waals surface area contributed by atoms with Crippen molar-refractivity contribution < 1.29 is 18.3 Å². The van der Waals surface area contributed by atoms with E-state index < -0.39 is 13.0 Å². The van der Waals surface area contributed by atoms with E-state index in [-0.39, 0.29) is 23.5 Å². The van der Waals surface area contributed by atoms with Gasteiger partial charge in [0.1, 0.15) is 5.69 Å². The molecule has 5 nitrogen and oxygen atoms in total. The van der Waals surface area contributed by atoms with E-state index in [9.17, 15) is 13.6 Å². The molecular weight excluding hydrogens is 316 g/mol. The Morgan fingerprint density at radius 3 is 2.67 bits per heavy atom. The number of nitrogens with one attached hydrogen (secondary N) is 1. The van der Waals surface area contributed by atoms with Crippen LogP contribution in [0.15, 0.2) is 42.7 Å². The maximum Gasteiger partial charge on any atom is 0.272 e. The Balaban J connectivity index is 1.70. The number of amides is 1. The molecule has 2 aromatic heterocycles.